The zero-order valence-corrected chi connectivity index (χ0v) is 19.1. The van der Waals surface area contributed by atoms with Gasteiger partial charge in [-0.05, 0) is 74.6 Å². The summed E-state index contributed by atoms with van der Waals surface area (Å²) in [7, 11) is 3.35. The van der Waals surface area contributed by atoms with E-state index in [1.807, 2.05) is 25.1 Å². The lowest BCUT2D eigenvalue weighted by Gasteiger charge is -2.20. The van der Waals surface area contributed by atoms with Crippen molar-refractivity contribution < 1.29 is 19.1 Å². The summed E-state index contributed by atoms with van der Waals surface area (Å²) in [6, 6.07) is 12.4. The highest BCUT2D eigenvalue weighted by Gasteiger charge is 2.24. The predicted molar refractivity (Wildman–Crippen MR) is 126 cm³/mol. The number of hydrogen-bond acceptors (Lipinski definition) is 5. The van der Waals surface area contributed by atoms with E-state index in [0.29, 0.717) is 16.8 Å². The molecule has 7 nitrogen and oxygen atoms in total. The fraction of sp³-hybridized carbons (Fsp3) is 0.308. The predicted octanol–water partition coefficient (Wildman–Crippen LogP) is 3.92. The average Bonchev–Trinajstić information content (AvgIpc) is 2.81. The second-order valence-corrected chi connectivity index (χ2v) is 8.54. The van der Waals surface area contributed by atoms with Crippen molar-refractivity contribution >= 4 is 34.4 Å². The molecule has 0 bridgehead atoms. The average molecular weight is 446 g/mol. The van der Waals surface area contributed by atoms with Gasteiger partial charge in [0.25, 0.3) is 11.8 Å². The highest BCUT2D eigenvalue weighted by Crippen LogP contribution is 2.30. The molecular formula is C26H27N3O4. The zero-order valence-electron chi connectivity index (χ0n) is 19.1. The summed E-state index contributed by atoms with van der Waals surface area (Å²) in [4.78, 5) is 43.7. The molecule has 1 aliphatic rings. The molecule has 0 radical (unpaired) electrons. The first-order chi connectivity index (χ1) is 15.8. The lowest BCUT2D eigenvalue weighted by atomic mass is 9.89. The van der Waals surface area contributed by atoms with Crippen molar-refractivity contribution in [2.75, 3.05) is 26.0 Å². The van der Waals surface area contributed by atoms with Crippen LogP contribution in [0.3, 0.4) is 0 Å². The van der Waals surface area contributed by atoms with Crippen LogP contribution in [0.5, 0.6) is 0 Å². The summed E-state index contributed by atoms with van der Waals surface area (Å²) in [6.07, 6.45) is 3.67. The molecule has 1 aromatic heterocycles. The largest absolute Gasteiger partial charge is 0.452 e. The topological polar surface area (TPSA) is 88.6 Å². The molecule has 1 heterocycles. The van der Waals surface area contributed by atoms with E-state index < -0.39 is 18.5 Å². The van der Waals surface area contributed by atoms with Crippen LogP contribution < -0.4 is 5.32 Å². The molecule has 7 heteroatoms. The minimum Gasteiger partial charge on any atom is -0.452 e. The maximum atomic E-state index is 13.1. The number of nitrogens with zero attached hydrogens (tertiary/aromatic N) is 2. The molecule has 0 fully saturated rings. The highest BCUT2D eigenvalue weighted by atomic mass is 16.5. The number of carbonyl (C=O) groups excluding carboxylic acids is 3. The first kappa shape index (κ1) is 22.5. The summed E-state index contributed by atoms with van der Waals surface area (Å²) >= 11 is 0. The van der Waals surface area contributed by atoms with Crippen LogP contribution in [-0.4, -0.2) is 48.4 Å². The number of pyridine rings is 1. The fourth-order valence-corrected chi connectivity index (χ4v) is 4.13. The van der Waals surface area contributed by atoms with Crippen molar-refractivity contribution in [1.82, 2.24) is 9.88 Å². The molecular weight excluding hydrogens is 418 g/mol. The quantitative estimate of drug-likeness (QED) is 0.602. The Morgan fingerprint density at radius 1 is 1.03 bits per heavy atom. The number of carbonyl (C=O) groups is 3. The number of nitrogens with one attached hydrogen (secondary N) is 1. The van der Waals surface area contributed by atoms with E-state index in [9.17, 15) is 14.4 Å². The summed E-state index contributed by atoms with van der Waals surface area (Å²) in [6.45, 7) is 1.57. The van der Waals surface area contributed by atoms with Gasteiger partial charge in [-0.1, -0.05) is 11.6 Å². The molecule has 0 unspecified atom stereocenters. The molecule has 0 saturated carbocycles. The van der Waals surface area contributed by atoms with Crippen molar-refractivity contribution in [3.8, 4) is 0 Å². The number of hydrogen-bond donors (Lipinski definition) is 1. The molecule has 0 atom stereocenters. The summed E-state index contributed by atoms with van der Waals surface area (Å²) < 4.78 is 5.43. The normalized spacial score (nSPS) is 12.7. The maximum absolute atomic E-state index is 13.1. The first-order valence-corrected chi connectivity index (χ1v) is 11.0. The van der Waals surface area contributed by atoms with Crippen LogP contribution >= 0.6 is 0 Å². The number of ether oxygens (including phenoxy) is 1. The van der Waals surface area contributed by atoms with E-state index >= 15 is 0 Å². The Morgan fingerprint density at radius 3 is 2.48 bits per heavy atom. The smallest absolute Gasteiger partial charge is 0.339 e. The van der Waals surface area contributed by atoms with Gasteiger partial charge in [-0.2, -0.15) is 0 Å². The lowest BCUT2D eigenvalue weighted by Crippen LogP contribution is -2.23. The van der Waals surface area contributed by atoms with E-state index in [-0.39, 0.29) is 5.91 Å². The van der Waals surface area contributed by atoms with Gasteiger partial charge in [0.1, 0.15) is 0 Å². The number of amides is 2. The molecule has 0 saturated heterocycles. The van der Waals surface area contributed by atoms with Gasteiger partial charge in [-0.3, -0.25) is 14.6 Å². The van der Waals surface area contributed by atoms with Crippen molar-refractivity contribution in [2.45, 2.75) is 32.6 Å². The van der Waals surface area contributed by atoms with Crippen LogP contribution in [0.1, 0.15) is 50.4 Å². The van der Waals surface area contributed by atoms with Gasteiger partial charge < -0.3 is 15.0 Å². The number of aryl methyl sites for hydroxylation is 2. The standard InChI is InChI=1S/C26H27N3O4/c1-16-8-13-22-20(14-16)24(19-6-4-5-7-21(19)28-22)26(32)33-15-23(30)27-18-11-9-17(10-12-18)25(31)29(2)3/h8-14H,4-7,15H2,1-3H3,(H,27,30). The Bertz CT molecular complexity index is 1230. The van der Waals surface area contributed by atoms with Gasteiger partial charge >= 0.3 is 5.97 Å². The van der Waals surface area contributed by atoms with Crippen LogP contribution in [0, 0.1) is 6.92 Å². The molecule has 170 valence electrons. The van der Waals surface area contributed by atoms with Gasteiger partial charge in [0.05, 0.1) is 11.1 Å². The van der Waals surface area contributed by atoms with Crippen LogP contribution in [0.4, 0.5) is 5.69 Å². The van der Waals surface area contributed by atoms with Crippen molar-refractivity contribution in [3.05, 3.63) is 70.4 Å². The molecule has 4 rings (SSSR count). The minimum atomic E-state index is -0.506. The Hall–Kier alpha value is -3.74. The van der Waals surface area contributed by atoms with E-state index in [1.165, 1.54) is 4.90 Å². The fourth-order valence-electron chi connectivity index (χ4n) is 4.13. The van der Waals surface area contributed by atoms with Gasteiger partial charge in [-0.15, -0.1) is 0 Å². The van der Waals surface area contributed by atoms with Gasteiger partial charge in [-0.25, -0.2) is 4.79 Å². The molecule has 1 aliphatic carbocycles. The maximum Gasteiger partial charge on any atom is 0.339 e. The third-order valence-corrected chi connectivity index (χ3v) is 5.78. The molecule has 1 N–H and O–H groups in total. The monoisotopic (exact) mass is 445 g/mol. The summed E-state index contributed by atoms with van der Waals surface area (Å²) in [5, 5.41) is 3.47. The number of anilines is 1. The molecule has 3 aromatic rings. The van der Waals surface area contributed by atoms with Gasteiger partial charge in [0.15, 0.2) is 6.61 Å². The second-order valence-electron chi connectivity index (χ2n) is 8.54. The van der Waals surface area contributed by atoms with E-state index in [0.717, 1.165) is 53.4 Å². The molecule has 33 heavy (non-hydrogen) atoms. The minimum absolute atomic E-state index is 0.120. The number of rotatable bonds is 5. The molecule has 0 spiro atoms. The van der Waals surface area contributed by atoms with Gasteiger partial charge in [0, 0.05) is 36.4 Å². The highest BCUT2D eigenvalue weighted by molar-refractivity contribution is 6.06. The number of benzene rings is 2. The van der Waals surface area contributed by atoms with Crippen LogP contribution in [0.2, 0.25) is 0 Å². The van der Waals surface area contributed by atoms with Gasteiger partial charge in [0.2, 0.25) is 0 Å². The van der Waals surface area contributed by atoms with Crippen molar-refractivity contribution in [3.63, 3.8) is 0 Å². The SMILES string of the molecule is Cc1ccc2nc3c(c(C(=O)OCC(=O)Nc4ccc(C(=O)N(C)C)cc4)c2c1)CCCC3. The second kappa shape index (κ2) is 9.40. The third-order valence-electron chi connectivity index (χ3n) is 5.78. The first-order valence-electron chi connectivity index (χ1n) is 11.0. The number of esters is 1. The van der Waals surface area contributed by atoms with E-state index in [1.54, 1.807) is 38.4 Å². The van der Waals surface area contributed by atoms with Crippen LogP contribution in [-0.2, 0) is 22.4 Å². The zero-order chi connectivity index (χ0) is 23.5. The Kier molecular flexibility index (Phi) is 6.40. The lowest BCUT2D eigenvalue weighted by molar-refractivity contribution is -0.119. The Morgan fingerprint density at radius 2 is 1.76 bits per heavy atom. The Balaban J connectivity index is 1.48. The van der Waals surface area contributed by atoms with E-state index in [2.05, 4.69) is 5.32 Å². The van der Waals surface area contributed by atoms with Crippen molar-refractivity contribution in [1.29, 1.82) is 0 Å². The number of fused-ring (bicyclic) bond motifs is 2. The van der Waals surface area contributed by atoms with Crippen LogP contribution in [0.25, 0.3) is 10.9 Å². The number of aromatic nitrogens is 1. The molecule has 2 aromatic carbocycles. The van der Waals surface area contributed by atoms with Crippen LogP contribution in [0.15, 0.2) is 42.5 Å². The summed E-state index contributed by atoms with van der Waals surface area (Å²) in [5.41, 5.74) is 5.25. The Labute approximate surface area is 192 Å². The van der Waals surface area contributed by atoms with Crippen molar-refractivity contribution in [2.24, 2.45) is 0 Å². The van der Waals surface area contributed by atoms with E-state index in [4.69, 9.17) is 9.72 Å². The molecule has 2 amide bonds. The summed E-state index contributed by atoms with van der Waals surface area (Å²) in [5.74, 6) is -1.07. The third kappa shape index (κ3) is 4.87. The molecule has 0 aliphatic heterocycles.